The molecule has 3 N–H and O–H groups in total. The summed E-state index contributed by atoms with van der Waals surface area (Å²) in [5, 5.41) is 3.46. The van der Waals surface area contributed by atoms with E-state index in [0.717, 1.165) is 25.7 Å². The molecule has 0 aliphatic heterocycles. The highest BCUT2D eigenvalue weighted by molar-refractivity contribution is 5.85. The molecular formula is C13H26N2O. The van der Waals surface area contributed by atoms with E-state index in [-0.39, 0.29) is 11.3 Å². The molecule has 1 aliphatic carbocycles. The van der Waals surface area contributed by atoms with Gasteiger partial charge in [-0.2, -0.15) is 0 Å². The molecule has 2 atom stereocenters. The minimum atomic E-state index is -0.475. The van der Waals surface area contributed by atoms with Crippen molar-refractivity contribution < 1.29 is 4.79 Å². The predicted octanol–water partition coefficient (Wildman–Crippen LogP) is 2.20. The quantitative estimate of drug-likeness (QED) is 0.772. The summed E-state index contributed by atoms with van der Waals surface area (Å²) >= 11 is 0. The van der Waals surface area contributed by atoms with Gasteiger partial charge in [-0.25, -0.2) is 0 Å². The Morgan fingerprint density at radius 2 is 2.06 bits per heavy atom. The van der Waals surface area contributed by atoms with Crippen LogP contribution in [0, 0.1) is 5.41 Å². The number of carbonyl (C=O) groups excluding carboxylic acids is 1. The highest BCUT2D eigenvalue weighted by Gasteiger charge is 2.44. The third-order valence-corrected chi connectivity index (χ3v) is 3.84. The topological polar surface area (TPSA) is 55.1 Å². The van der Waals surface area contributed by atoms with E-state index in [1.165, 1.54) is 6.42 Å². The number of rotatable bonds is 4. The lowest BCUT2D eigenvalue weighted by molar-refractivity contribution is -0.128. The van der Waals surface area contributed by atoms with E-state index >= 15 is 0 Å². The van der Waals surface area contributed by atoms with Crippen LogP contribution in [0.4, 0.5) is 0 Å². The van der Waals surface area contributed by atoms with Gasteiger partial charge in [-0.1, -0.05) is 27.2 Å². The van der Waals surface area contributed by atoms with Crippen LogP contribution >= 0.6 is 0 Å². The van der Waals surface area contributed by atoms with Crippen LogP contribution in [0.1, 0.15) is 59.8 Å². The average molecular weight is 226 g/mol. The summed E-state index contributed by atoms with van der Waals surface area (Å²) in [5.74, 6) is -0.180. The van der Waals surface area contributed by atoms with Crippen molar-refractivity contribution in [3.8, 4) is 0 Å². The molecule has 0 bridgehead atoms. The summed E-state index contributed by atoms with van der Waals surface area (Å²) in [5.41, 5.74) is 5.37. The Bertz CT molecular complexity index is 263. The Hall–Kier alpha value is -0.570. The smallest absolute Gasteiger partial charge is 0.237 e. The van der Waals surface area contributed by atoms with Gasteiger partial charge in [-0.05, 0) is 38.0 Å². The maximum Gasteiger partial charge on any atom is 0.237 e. The third kappa shape index (κ3) is 2.97. The SMILES string of the molecule is CCC(C)NC1(C(N)=O)CCCC(C)(C)C1. The second kappa shape index (κ2) is 4.74. The summed E-state index contributed by atoms with van der Waals surface area (Å²) < 4.78 is 0. The molecule has 0 heterocycles. The Kier molecular flexibility index (Phi) is 4.00. The van der Waals surface area contributed by atoms with Gasteiger partial charge in [-0.15, -0.1) is 0 Å². The van der Waals surface area contributed by atoms with Crippen molar-refractivity contribution >= 4 is 5.91 Å². The zero-order valence-electron chi connectivity index (χ0n) is 11.1. The normalized spacial score (nSPS) is 31.0. The maximum atomic E-state index is 11.8. The van der Waals surface area contributed by atoms with Crippen molar-refractivity contribution in [3.63, 3.8) is 0 Å². The van der Waals surface area contributed by atoms with Crippen molar-refractivity contribution in [2.75, 3.05) is 0 Å². The lowest BCUT2D eigenvalue weighted by Gasteiger charge is -2.44. The molecule has 1 fully saturated rings. The Morgan fingerprint density at radius 3 is 2.50 bits per heavy atom. The molecule has 1 rings (SSSR count). The van der Waals surface area contributed by atoms with Crippen molar-refractivity contribution in [3.05, 3.63) is 0 Å². The molecule has 0 aromatic rings. The van der Waals surface area contributed by atoms with Gasteiger partial charge in [0.2, 0.25) is 5.91 Å². The fourth-order valence-electron chi connectivity index (χ4n) is 2.84. The van der Waals surface area contributed by atoms with Crippen LogP contribution < -0.4 is 11.1 Å². The molecule has 0 radical (unpaired) electrons. The van der Waals surface area contributed by atoms with E-state index in [2.05, 4.69) is 33.0 Å². The molecule has 16 heavy (non-hydrogen) atoms. The first-order chi connectivity index (χ1) is 7.31. The minimum Gasteiger partial charge on any atom is -0.368 e. The lowest BCUT2D eigenvalue weighted by Crippen LogP contribution is -2.61. The van der Waals surface area contributed by atoms with Crippen LogP contribution in [0.5, 0.6) is 0 Å². The first-order valence-corrected chi connectivity index (χ1v) is 6.39. The average Bonchev–Trinajstić information content (AvgIpc) is 2.15. The molecule has 2 unspecified atom stereocenters. The van der Waals surface area contributed by atoms with E-state index in [1.54, 1.807) is 0 Å². The number of carbonyl (C=O) groups is 1. The van der Waals surface area contributed by atoms with Crippen molar-refractivity contribution in [1.29, 1.82) is 0 Å². The Morgan fingerprint density at radius 1 is 1.44 bits per heavy atom. The third-order valence-electron chi connectivity index (χ3n) is 3.84. The molecule has 0 aromatic carbocycles. The number of nitrogens with two attached hydrogens (primary N) is 1. The zero-order valence-corrected chi connectivity index (χ0v) is 11.1. The second-order valence-electron chi connectivity index (χ2n) is 6.09. The van der Waals surface area contributed by atoms with Gasteiger partial charge in [0.25, 0.3) is 0 Å². The van der Waals surface area contributed by atoms with Crippen LogP contribution in [0.25, 0.3) is 0 Å². The summed E-state index contributed by atoms with van der Waals surface area (Å²) in [7, 11) is 0. The first-order valence-electron chi connectivity index (χ1n) is 6.39. The van der Waals surface area contributed by atoms with Gasteiger partial charge >= 0.3 is 0 Å². The summed E-state index contributed by atoms with van der Waals surface area (Å²) in [6, 6.07) is 0.349. The number of hydrogen-bond donors (Lipinski definition) is 2. The zero-order chi connectivity index (χ0) is 12.4. The first kappa shape index (κ1) is 13.5. The minimum absolute atomic E-state index is 0.180. The van der Waals surface area contributed by atoms with E-state index < -0.39 is 5.54 Å². The molecule has 1 amide bonds. The molecule has 1 saturated carbocycles. The fourth-order valence-corrected chi connectivity index (χ4v) is 2.84. The number of primary amides is 1. The van der Waals surface area contributed by atoms with Gasteiger partial charge in [0.05, 0.1) is 5.54 Å². The van der Waals surface area contributed by atoms with Gasteiger partial charge in [-0.3, -0.25) is 4.79 Å². The molecule has 1 aliphatic rings. The Labute approximate surface area is 99.2 Å². The number of nitrogens with one attached hydrogen (secondary N) is 1. The fraction of sp³-hybridized carbons (Fsp3) is 0.923. The molecule has 0 saturated heterocycles. The van der Waals surface area contributed by atoms with Crippen molar-refractivity contribution in [1.82, 2.24) is 5.32 Å². The predicted molar refractivity (Wildman–Crippen MR) is 67.1 cm³/mol. The van der Waals surface area contributed by atoms with Crippen LogP contribution in [0.2, 0.25) is 0 Å². The van der Waals surface area contributed by atoms with Gasteiger partial charge in [0.15, 0.2) is 0 Å². The molecular weight excluding hydrogens is 200 g/mol. The molecule has 3 heteroatoms. The largest absolute Gasteiger partial charge is 0.368 e. The van der Waals surface area contributed by atoms with E-state index in [9.17, 15) is 4.79 Å². The van der Waals surface area contributed by atoms with Gasteiger partial charge in [0.1, 0.15) is 0 Å². The summed E-state index contributed by atoms with van der Waals surface area (Å²) in [4.78, 5) is 11.8. The highest BCUT2D eigenvalue weighted by atomic mass is 16.1. The summed E-state index contributed by atoms with van der Waals surface area (Å²) in [6.45, 7) is 8.69. The van der Waals surface area contributed by atoms with Crippen molar-refractivity contribution in [2.45, 2.75) is 71.4 Å². The Balaban J connectivity index is 2.84. The molecule has 3 nitrogen and oxygen atoms in total. The second-order valence-corrected chi connectivity index (χ2v) is 6.09. The van der Waals surface area contributed by atoms with Crippen LogP contribution in [-0.4, -0.2) is 17.5 Å². The van der Waals surface area contributed by atoms with Crippen LogP contribution in [0.15, 0.2) is 0 Å². The summed E-state index contributed by atoms with van der Waals surface area (Å²) in [6.07, 6.45) is 5.04. The van der Waals surface area contributed by atoms with Crippen LogP contribution in [-0.2, 0) is 4.79 Å². The number of amides is 1. The molecule has 0 spiro atoms. The van der Waals surface area contributed by atoms with Gasteiger partial charge in [0, 0.05) is 6.04 Å². The standard InChI is InChI=1S/C13H26N2O/c1-5-10(2)15-13(11(14)16)8-6-7-12(3,4)9-13/h10,15H,5-9H2,1-4H3,(H2,14,16). The van der Waals surface area contributed by atoms with E-state index in [0.29, 0.717) is 6.04 Å². The number of hydrogen-bond acceptors (Lipinski definition) is 2. The van der Waals surface area contributed by atoms with Gasteiger partial charge < -0.3 is 11.1 Å². The van der Waals surface area contributed by atoms with E-state index in [4.69, 9.17) is 5.73 Å². The van der Waals surface area contributed by atoms with Crippen molar-refractivity contribution in [2.24, 2.45) is 11.1 Å². The maximum absolute atomic E-state index is 11.8. The van der Waals surface area contributed by atoms with Crippen LogP contribution in [0.3, 0.4) is 0 Å². The monoisotopic (exact) mass is 226 g/mol. The highest BCUT2D eigenvalue weighted by Crippen LogP contribution is 2.41. The lowest BCUT2D eigenvalue weighted by atomic mass is 9.67. The molecule has 0 aromatic heterocycles. The van der Waals surface area contributed by atoms with E-state index in [1.807, 2.05) is 0 Å². The molecule has 94 valence electrons.